The van der Waals surface area contributed by atoms with E-state index < -0.39 is 0 Å². The molecule has 2 aliphatic rings. The molecule has 0 spiro atoms. The smallest absolute Gasteiger partial charge is 0.0303 e. The van der Waals surface area contributed by atoms with Crippen molar-refractivity contribution in [3.05, 3.63) is 0 Å². The van der Waals surface area contributed by atoms with E-state index in [0.717, 1.165) is 12.1 Å². The van der Waals surface area contributed by atoms with Gasteiger partial charge in [-0.05, 0) is 46.7 Å². The summed E-state index contributed by atoms with van der Waals surface area (Å²) in [4.78, 5) is 2.47. The minimum atomic E-state index is 0.364. The lowest BCUT2D eigenvalue weighted by atomic mass is 9.96. The molecule has 1 saturated carbocycles. The Bertz CT molecular complexity index is 173. The van der Waals surface area contributed by atoms with Crippen molar-refractivity contribution in [3.8, 4) is 0 Å². The number of nitrogens with zero attached hydrogens (tertiary/aromatic N) is 1. The normalized spacial score (nSPS) is 35.8. The first-order chi connectivity index (χ1) is 5.60. The van der Waals surface area contributed by atoms with Crippen molar-refractivity contribution in [2.45, 2.75) is 50.7 Å². The summed E-state index contributed by atoms with van der Waals surface area (Å²) in [6.07, 6.45) is 4.12. The molecule has 0 aromatic heterocycles. The van der Waals surface area contributed by atoms with Crippen LogP contribution in [0.5, 0.6) is 0 Å². The Kier molecular flexibility index (Phi) is 1.92. The number of likely N-dealkylation sites (N-methyl/N-ethyl adjacent to an activating group) is 1. The Balaban J connectivity index is 1.96. The zero-order chi connectivity index (χ0) is 8.77. The van der Waals surface area contributed by atoms with Gasteiger partial charge in [0.25, 0.3) is 0 Å². The van der Waals surface area contributed by atoms with Crippen LogP contribution in [0.4, 0.5) is 0 Å². The third kappa shape index (κ3) is 1.38. The van der Waals surface area contributed by atoms with Crippen molar-refractivity contribution in [1.82, 2.24) is 10.2 Å². The van der Waals surface area contributed by atoms with Gasteiger partial charge in [0, 0.05) is 17.6 Å². The van der Waals surface area contributed by atoms with Gasteiger partial charge in [0.15, 0.2) is 0 Å². The van der Waals surface area contributed by atoms with Gasteiger partial charge < -0.3 is 5.32 Å². The molecule has 1 saturated heterocycles. The summed E-state index contributed by atoms with van der Waals surface area (Å²) in [5, 5.41) is 3.73. The summed E-state index contributed by atoms with van der Waals surface area (Å²) >= 11 is 0. The zero-order valence-corrected chi connectivity index (χ0v) is 8.43. The van der Waals surface area contributed by atoms with Gasteiger partial charge >= 0.3 is 0 Å². The monoisotopic (exact) mass is 168 g/mol. The zero-order valence-electron chi connectivity index (χ0n) is 8.43. The third-order valence-electron chi connectivity index (χ3n) is 3.60. The molecule has 2 heteroatoms. The average Bonchev–Trinajstić information content (AvgIpc) is 2.75. The molecule has 0 bridgehead atoms. The molecule has 0 amide bonds. The van der Waals surface area contributed by atoms with Crippen molar-refractivity contribution in [1.29, 1.82) is 0 Å². The maximum absolute atomic E-state index is 3.73. The molecule has 0 aromatic carbocycles. The summed E-state index contributed by atoms with van der Waals surface area (Å²) in [6, 6.07) is 1.57. The third-order valence-corrected chi connectivity index (χ3v) is 3.60. The summed E-state index contributed by atoms with van der Waals surface area (Å²) in [6.45, 7) is 5.94. The first-order valence-corrected chi connectivity index (χ1v) is 5.08. The fraction of sp³-hybridized carbons (Fsp3) is 1.00. The van der Waals surface area contributed by atoms with Gasteiger partial charge in [-0.1, -0.05) is 0 Å². The Morgan fingerprint density at radius 2 is 1.92 bits per heavy atom. The fourth-order valence-corrected chi connectivity index (χ4v) is 2.05. The van der Waals surface area contributed by atoms with Crippen LogP contribution in [0.25, 0.3) is 0 Å². The second kappa shape index (κ2) is 2.71. The molecule has 2 rings (SSSR count). The maximum Gasteiger partial charge on any atom is 0.0303 e. The van der Waals surface area contributed by atoms with Crippen LogP contribution in [0.2, 0.25) is 0 Å². The number of hydrogen-bond acceptors (Lipinski definition) is 2. The van der Waals surface area contributed by atoms with E-state index in [0.29, 0.717) is 5.54 Å². The molecule has 70 valence electrons. The lowest BCUT2D eigenvalue weighted by Gasteiger charge is -2.34. The van der Waals surface area contributed by atoms with E-state index in [9.17, 15) is 0 Å². The Labute approximate surface area is 75.3 Å². The number of rotatable bonds is 2. The first-order valence-electron chi connectivity index (χ1n) is 5.08. The molecule has 2 fully saturated rings. The second-order valence-electron chi connectivity index (χ2n) is 4.86. The highest BCUT2D eigenvalue weighted by atomic mass is 15.2. The topological polar surface area (TPSA) is 15.3 Å². The van der Waals surface area contributed by atoms with Gasteiger partial charge in [0.05, 0.1) is 0 Å². The molecule has 1 aliphatic heterocycles. The average molecular weight is 168 g/mol. The predicted molar refractivity (Wildman–Crippen MR) is 51.3 cm³/mol. The summed E-state index contributed by atoms with van der Waals surface area (Å²) < 4.78 is 0. The van der Waals surface area contributed by atoms with Crippen LogP contribution in [0.1, 0.15) is 33.1 Å². The molecule has 12 heavy (non-hydrogen) atoms. The molecule has 1 N–H and O–H groups in total. The van der Waals surface area contributed by atoms with Crippen LogP contribution in [-0.2, 0) is 0 Å². The Morgan fingerprint density at radius 1 is 1.25 bits per heavy atom. The van der Waals surface area contributed by atoms with Gasteiger partial charge in [-0.15, -0.1) is 0 Å². The molecule has 1 atom stereocenters. The molecule has 1 heterocycles. The highest BCUT2D eigenvalue weighted by Crippen LogP contribution is 2.30. The predicted octanol–water partition coefficient (Wildman–Crippen LogP) is 1.22. The molecule has 0 aromatic rings. The van der Waals surface area contributed by atoms with Crippen molar-refractivity contribution in [3.63, 3.8) is 0 Å². The van der Waals surface area contributed by atoms with E-state index in [1.165, 1.54) is 25.8 Å². The fourth-order valence-electron chi connectivity index (χ4n) is 2.05. The van der Waals surface area contributed by atoms with Gasteiger partial charge in [-0.3, -0.25) is 4.90 Å². The van der Waals surface area contributed by atoms with Crippen LogP contribution < -0.4 is 5.32 Å². The van der Waals surface area contributed by atoms with Crippen molar-refractivity contribution in [2.75, 3.05) is 13.6 Å². The van der Waals surface area contributed by atoms with Crippen LogP contribution >= 0.6 is 0 Å². The quantitative estimate of drug-likeness (QED) is 0.667. The minimum absolute atomic E-state index is 0.364. The van der Waals surface area contributed by atoms with Crippen LogP contribution in [0, 0.1) is 0 Å². The molecule has 1 aliphatic carbocycles. The highest BCUT2D eigenvalue weighted by Gasteiger charge is 2.41. The SMILES string of the molecule is CN1CCC(NC2CC2)C1(C)C. The first kappa shape index (κ1) is 8.52. The number of nitrogens with one attached hydrogen (secondary N) is 1. The number of likely N-dealkylation sites (tertiary alicyclic amines) is 1. The van der Waals surface area contributed by atoms with E-state index >= 15 is 0 Å². The lowest BCUT2D eigenvalue weighted by Crippen LogP contribution is -2.50. The standard InChI is InChI=1S/C10H20N2/c1-10(2)9(6-7-12(10)3)11-8-4-5-8/h8-9,11H,4-7H2,1-3H3. The molecule has 1 unspecified atom stereocenters. The van der Waals surface area contributed by atoms with Crippen LogP contribution in [0.15, 0.2) is 0 Å². The summed E-state index contributed by atoms with van der Waals surface area (Å²) in [5.74, 6) is 0. The Hall–Kier alpha value is -0.0800. The maximum atomic E-state index is 3.73. The number of hydrogen-bond donors (Lipinski definition) is 1. The van der Waals surface area contributed by atoms with Crippen molar-refractivity contribution in [2.24, 2.45) is 0 Å². The molecule has 2 nitrogen and oxygen atoms in total. The highest BCUT2D eigenvalue weighted by molar-refractivity contribution is 5.01. The van der Waals surface area contributed by atoms with Gasteiger partial charge in [-0.2, -0.15) is 0 Å². The van der Waals surface area contributed by atoms with E-state index in [1.807, 2.05) is 0 Å². The van der Waals surface area contributed by atoms with Crippen molar-refractivity contribution >= 4 is 0 Å². The van der Waals surface area contributed by atoms with Gasteiger partial charge in [0.2, 0.25) is 0 Å². The van der Waals surface area contributed by atoms with Crippen molar-refractivity contribution < 1.29 is 0 Å². The second-order valence-corrected chi connectivity index (χ2v) is 4.86. The largest absolute Gasteiger partial charge is 0.309 e. The van der Waals surface area contributed by atoms with E-state index in [2.05, 4.69) is 31.1 Å². The minimum Gasteiger partial charge on any atom is -0.309 e. The summed E-state index contributed by atoms with van der Waals surface area (Å²) in [7, 11) is 2.23. The molecular formula is C10H20N2. The van der Waals surface area contributed by atoms with Crippen LogP contribution in [0.3, 0.4) is 0 Å². The molecule has 0 radical (unpaired) electrons. The van der Waals surface area contributed by atoms with E-state index in [4.69, 9.17) is 0 Å². The Morgan fingerprint density at radius 3 is 2.33 bits per heavy atom. The van der Waals surface area contributed by atoms with E-state index in [-0.39, 0.29) is 0 Å². The lowest BCUT2D eigenvalue weighted by molar-refractivity contribution is 0.186. The van der Waals surface area contributed by atoms with E-state index in [1.54, 1.807) is 0 Å². The van der Waals surface area contributed by atoms with Gasteiger partial charge in [0.1, 0.15) is 0 Å². The molecular weight excluding hydrogens is 148 g/mol. The van der Waals surface area contributed by atoms with Crippen LogP contribution in [-0.4, -0.2) is 36.1 Å². The summed E-state index contributed by atoms with van der Waals surface area (Å²) in [5.41, 5.74) is 0.364. The van der Waals surface area contributed by atoms with Gasteiger partial charge in [-0.25, -0.2) is 0 Å².